The van der Waals surface area contributed by atoms with Crippen LogP contribution < -0.4 is 14.4 Å². The van der Waals surface area contributed by atoms with Crippen molar-refractivity contribution in [3.8, 4) is 22.9 Å². The van der Waals surface area contributed by atoms with Crippen molar-refractivity contribution in [2.24, 2.45) is 0 Å². The Kier molecular flexibility index (Phi) is 3.76. The SMILES string of the molecule is COc1ccc(C2N(C)c3ccccc3-c3nc4ccccc4n32)cc1OC. The minimum atomic E-state index is -0.0443. The fourth-order valence-corrected chi connectivity index (χ4v) is 4.14. The molecule has 1 aliphatic heterocycles. The summed E-state index contributed by atoms with van der Waals surface area (Å²) in [4.78, 5) is 7.25. The van der Waals surface area contributed by atoms with E-state index in [9.17, 15) is 0 Å². The van der Waals surface area contributed by atoms with Crippen LogP contribution in [0.5, 0.6) is 11.5 Å². The molecule has 1 atom stereocenters. The van der Waals surface area contributed by atoms with Crippen LogP contribution in [0.1, 0.15) is 11.7 Å². The van der Waals surface area contributed by atoms with Crippen molar-refractivity contribution in [3.05, 3.63) is 72.3 Å². The molecular formula is C23H21N3O2. The van der Waals surface area contributed by atoms with Crippen molar-refractivity contribution in [1.82, 2.24) is 9.55 Å². The van der Waals surface area contributed by atoms with E-state index in [1.165, 1.54) is 0 Å². The lowest BCUT2D eigenvalue weighted by Crippen LogP contribution is -2.34. The van der Waals surface area contributed by atoms with Crippen molar-refractivity contribution in [2.45, 2.75) is 6.17 Å². The molecule has 0 amide bonds. The van der Waals surface area contributed by atoms with Gasteiger partial charge in [0, 0.05) is 18.3 Å². The molecule has 0 saturated heterocycles. The van der Waals surface area contributed by atoms with E-state index >= 15 is 0 Å². The fraction of sp³-hybridized carbons (Fsp3) is 0.174. The molecular weight excluding hydrogens is 350 g/mol. The van der Waals surface area contributed by atoms with Crippen LogP contribution in [0.25, 0.3) is 22.4 Å². The third-order valence-electron chi connectivity index (χ3n) is 5.44. The Hall–Kier alpha value is -3.47. The van der Waals surface area contributed by atoms with E-state index in [0.717, 1.165) is 45.2 Å². The topological polar surface area (TPSA) is 39.5 Å². The summed E-state index contributed by atoms with van der Waals surface area (Å²) in [5.41, 5.74) is 5.51. The number of anilines is 1. The summed E-state index contributed by atoms with van der Waals surface area (Å²) in [5.74, 6) is 2.42. The minimum Gasteiger partial charge on any atom is -0.493 e. The molecule has 0 aliphatic carbocycles. The van der Waals surface area contributed by atoms with Gasteiger partial charge in [-0.2, -0.15) is 0 Å². The standard InChI is InChI=1S/C23H21N3O2/c1-25-18-10-6-4-8-16(18)22-24-17-9-5-7-11-19(17)26(22)23(25)15-12-13-20(27-2)21(14-15)28-3/h4-14,23H,1-3H3. The highest BCUT2D eigenvalue weighted by molar-refractivity contribution is 5.87. The molecule has 140 valence electrons. The van der Waals surface area contributed by atoms with Crippen LogP contribution in [0.15, 0.2) is 66.7 Å². The molecule has 1 unspecified atom stereocenters. The molecule has 28 heavy (non-hydrogen) atoms. The molecule has 1 aromatic heterocycles. The van der Waals surface area contributed by atoms with Crippen LogP contribution in [0.2, 0.25) is 0 Å². The zero-order valence-electron chi connectivity index (χ0n) is 16.1. The summed E-state index contributed by atoms with van der Waals surface area (Å²) in [6.07, 6.45) is -0.0443. The highest BCUT2D eigenvalue weighted by atomic mass is 16.5. The van der Waals surface area contributed by atoms with Crippen molar-refractivity contribution in [3.63, 3.8) is 0 Å². The normalized spacial score (nSPS) is 15.2. The van der Waals surface area contributed by atoms with Crippen LogP contribution in [0.3, 0.4) is 0 Å². The molecule has 0 N–H and O–H groups in total. The van der Waals surface area contributed by atoms with Crippen LogP contribution in [0.4, 0.5) is 5.69 Å². The van der Waals surface area contributed by atoms with Crippen LogP contribution in [0, 0.1) is 0 Å². The number of fused-ring (bicyclic) bond motifs is 5. The molecule has 4 aromatic rings. The first kappa shape index (κ1) is 16.7. The first-order chi connectivity index (χ1) is 13.7. The smallest absolute Gasteiger partial charge is 0.161 e. The molecule has 2 heterocycles. The van der Waals surface area contributed by atoms with Gasteiger partial charge in [0.2, 0.25) is 0 Å². The van der Waals surface area contributed by atoms with Gasteiger partial charge in [0.05, 0.1) is 25.3 Å². The van der Waals surface area contributed by atoms with E-state index < -0.39 is 0 Å². The van der Waals surface area contributed by atoms with Gasteiger partial charge < -0.3 is 14.4 Å². The van der Waals surface area contributed by atoms with Gasteiger partial charge in [-0.15, -0.1) is 0 Å². The van der Waals surface area contributed by atoms with Gasteiger partial charge in [-0.3, -0.25) is 4.57 Å². The molecule has 0 fully saturated rings. The van der Waals surface area contributed by atoms with E-state index in [4.69, 9.17) is 14.5 Å². The van der Waals surface area contributed by atoms with Gasteiger partial charge in [0.1, 0.15) is 12.0 Å². The number of nitrogens with zero attached hydrogens (tertiary/aromatic N) is 3. The van der Waals surface area contributed by atoms with Crippen molar-refractivity contribution >= 4 is 16.7 Å². The highest BCUT2D eigenvalue weighted by Crippen LogP contribution is 2.44. The van der Waals surface area contributed by atoms with E-state index in [1.807, 2.05) is 18.2 Å². The maximum Gasteiger partial charge on any atom is 0.161 e. The summed E-state index contributed by atoms with van der Waals surface area (Å²) in [6, 6.07) is 22.8. The second-order valence-electron chi connectivity index (χ2n) is 6.91. The maximum absolute atomic E-state index is 5.56. The lowest BCUT2D eigenvalue weighted by molar-refractivity contribution is 0.354. The molecule has 1 aliphatic rings. The predicted octanol–water partition coefficient (Wildman–Crippen LogP) is 4.72. The number of imidazole rings is 1. The Morgan fingerprint density at radius 3 is 2.43 bits per heavy atom. The Balaban J connectivity index is 1.80. The lowest BCUT2D eigenvalue weighted by atomic mass is 10.0. The van der Waals surface area contributed by atoms with Crippen molar-refractivity contribution in [1.29, 1.82) is 0 Å². The molecule has 3 aromatic carbocycles. The number of hydrogen-bond acceptors (Lipinski definition) is 4. The monoisotopic (exact) mass is 371 g/mol. The summed E-state index contributed by atoms with van der Waals surface area (Å²) >= 11 is 0. The molecule has 0 bridgehead atoms. The second-order valence-corrected chi connectivity index (χ2v) is 6.91. The van der Waals surface area contributed by atoms with Crippen LogP contribution in [-0.4, -0.2) is 30.8 Å². The first-order valence-electron chi connectivity index (χ1n) is 9.24. The summed E-state index contributed by atoms with van der Waals surface area (Å²) in [6.45, 7) is 0. The van der Waals surface area contributed by atoms with E-state index in [1.54, 1.807) is 14.2 Å². The average Bonchev–Trinajstić information content (AvgIpc) is 3.13. The van der Waals surface area contributed by atoms with E-state index in [-0.39, 0.29) is 6.17 Å². The Labute approximate surface area is 163 Å². The number of benzene rings is 3. The van der Waals surface area contributed by atoms with Gasteiger partial charge in [-0.25, -0.2) is 4.98 Å². The molecule has 0 radical (unpaired) electrons. The largest absolute Gasteiger partial charge is 0.493 e. The highest BCUT2D eigenvalue weighted by Gasteiger charge is 2.32. The molecule has 5 heteroatoms. The molecule has 5 rings (SSSR count). The summed E-state index contributed by atoms with van der Waals surface area (Å²) in [5, 5.41) is 0. The number of ether oxygens (including phenoxy) is 2. The van der Waals surface area contributed by atoms with Crippen LogP contribution >= 0.6 is 0 Å². The van der Waals surface area contributed by atoms with Gasteiger partial charge in [0.25, 0.3) is 0 Å². The zero-order valence-corrected chi connectivity index (χ0v) is 16.1. The Bertz CT molecular complexity index is 1180. The van der Waals surface area contributed by atoms with Gasteiger partial charge >= 0.3 is 0 Å². The van der Waals surface area contributed by atoms with Gasteiger partial charge in [0.15, 0.2) is 11.5 Å². The van der Waals surface area contributed by atoms with Crippen LogP contribution in [-0.2, 0) is 0 Å². The quantitative estimate of drug-likeness (QED) is 0.523. The van der Waals surface area contributed by atoms with E-state index in [0.29, 0.717) is 0 Å². The zero-order chi connectivity index (χ0) is 19.3. The summed E-state index contributed by atoms with van der Waals surface area (Å²) < 4.78 is 13.3. The van der Waals surface area contributed by atoms with Gasteiger partial charge in [-0.05, 0) is 42.0 Å². The third-order valence-corrected chi connectivity index (χ3v) is 5.44. The predicted molar refractivity (Wildman–Crippen MR) is 111 cm³/mol. The Morgan fingerprint density at radius 2 is 1.61 bits per heavy atom. The summed E-state index contributed by atoms with van der Waals surface area (Å²) in [7, 11) is 5.44. The number of rotatable bonds is 3. The number of para-hydroxylation sites is 3. The average molecular weight is 371 g/mol. The molecule has 0 saturated carbocycles. The van der Waals surface area contributed by atoms with Crippen molar-refractivity contribution < 1.29 is 9.47 Å². The second kappa shape index (κ2) is 6.30. The third kappa shape index (κ3) is 2.29. The Morgan fingerprint density at radius 1 is 0.857 bits per heavy atom. The molecule has 0 spiro atoms. The number of hydrogen-bond donors (Lipinski definition) is 0. The minimum absolute atomic E-state index is 0.0443. The first-order valence-corrected chi connectivity index (χ1v) is 9.24. The number of aromatic nitrogens is 2. The van der Waals surface area contributed by atoms with Gasteiger partial charge in [-0.1, -0.05) is 30.3 Å². The van der Waals surface area contributed by atoms with E-state index in [2.05, 4.69) is 65.0 Å². The lowest BCUT2D eigenvalue weighted by Gasteiger charge is -2.38. The maximum atomic E-state index is 5.56. The van der Waals surface area contributed by atoms with Crippen molar-refractivity contribution in [2.75, 3.05) is 26.2 Å². The number of methoxy groups -OCH3 is 2. The fourth-order valence-electron chi connectivity index (χ4n) is 4.14. The molecule has 5 nitrogen and oxygen atoms in total.